The topological polar surface area (TPSA) is 82.7 Å². The number of nitrogens with one attached hydrogen (secondary N) is 2. The largest absolute Gasteiger partial charge is 0.438 e. The molecule has 0 unspecified atom stereocenters. The van der Waals surface area contributed by atoms with Crippen molar-refractivity contribution < 1.29 is 4.42 Å². The van der Waals surface area contributed by atoms with Gasteiger partial charge in [-0.05, 0) is 30.2 Å². The highest BCUT2D eigenvalue weighted by Crippen LogP contribution is 2.22. The molecule has 0 radical (unpaired) electrons. The molecule has 2 N–H and O–H groups in total. The lowest BCUT2D eigenvalue weighted by atomic mass is 10.1. The normalized spacial score (nSPS) is 11.0. The summed E-state index contributed by atoms with van der Waals surface area (Å²) in [5, 5.41) is 9.61. The van der Waals surface area contributed by atoms with Crippen molar-refractivity contribution in [1.82, 2.24) is 9.97 Å². The van der Waals surface area contributed by atoms with E-state index >= 15 is 0 Å². The fraction of sp³-hybridized carbons (Fsp3) is 0.0500. The number of aromatic nitrogens is 2. The summed E-state index contributed by atoms with van der Waals surface area (Å²) in [7, 11) is 0. The number of nitrogens with zero attached hydrogens (tertiary/aromatic N) is 1. The lowest BCUT2D eigenvalue weighted by molar-refractivity contribution is 0.532. The van der Waals surface area contributed by atoms with Gasteiger partial charge in [-0.3, -0.25) is 10.2 Å². The third-order valence-electron chi connectivity index (χ3n) is 4.11. The molecular formula is C20H15N3O2. The lowest BCUT2D eigenvalue weighted by Gasteiger charge is -2.07. The van der Waals surface area contributed by atoms with Gasteiger partial charge < -0.3 is 9.40 Å². The standard InChI is InChI=1S/C20H15N3O2/c1-2-6-12-7-5-8-13-11-15(18(21)25-17(12)13)19-22-16-10-4-3-9-14(16)20(24)23-19/h2-5,7-11,21H,1,6H2,(H,22,23,24). The number of hydrogen-bond donors (Lipinski definition) is 2. The van der Waals surface area contributed by atoms with Crippen LogP contribution in [0.2, 0.25) is 0 Å². The summed E-state index contributed by atoms with van der Waals surface area (Å²) in [6.45, 7) is 3.75. The van der Waals surface area contributed by atoms with Crippen molar-refractivity contribution in [3.63, 3.8) is 0 Å². The third-order valence-corrected chi connectivity index (χ3v) is 4.11. The van der Waals surface area contributed by atoms with Crippen molar-refractivity contribution >= 4 is 21.9 Å². The number of rotatable bonds is 3. The maximum Gasteiger partial charge on any atom is 0.259 e. The number of H-pyrrole nitrogens is 1. The summed E-state index contributed by atoms with van der Waals surface area (Å²) >= 11 is 0. The van der Waals surface area contributed by atoms with E-state index in [2.05, 4.69) is 16.5 Å². The number of para-hydroxylation sites is 2. The van der Waals surface area contributed by atoms with Crippen LogP contribution >= 0.6 is 0 Å². The van der Waals surface area contributed by atoms with Crippen LogP contribution in [0.1, 0.15) is 5.56 Å². The second kappa shape index (κ2) is 5.87. The van der Waals surface area contributed by atoms with Crippen LogP contribution in [0.25, 0.3) is 33.3 Å². The second-order valence-corrected chi connectivity index (χ2v) is 5.75. The van der Waals surface area contributed by atoms with E-state index in [-0.39, 0.29) is 11.1 Å². The molecule has 122 valence electrons. The van der Waals surface area contributed by atoms with E-state index in [1.807, 2.05) is 30.3 Å². The van der Waals surface area contributed by atoms with Gasteiger partial charge in [-0.2, -0.15) is 0 Å². The van der Waals surface area contributed by atoms with Gasteiger partial charge in [0.05, 0.1) is 16.5 Å². The summed E-state index contributed by atoms with van der Waals surface area (Å²) in [5.74, 6) is 0.327. The van der Waals surface area contributed by atoms with Crippen molar-refractivity contribution in [2.24, 2.45) is 0 Å². The summed E-state index contributed by atoms with van der Waals surface area (Å²) in [4.78, 5) is 19.5. The SMILES string of the molecule is C=CCc1cccc2cc(-c3nc4ccccc4c(=O)[nH]3)c(=N)oc12. The van der Waals surface area contributed by atoms with E-state index < -0.39 is 0 Å². The van der Waals surface area contributed by atoms with Crippen LogP contribution in [0.15, 0.2) is 70.4 Å². The van der Waals surface area contributed by atoms with Gasteiger partial charge in [-0.25, -0.2) is 4.98 Å². The molecule has 25 heavy (non-hydrogen) atoms. The molecule has 0 aliphatic rings. The minimum atomic E-state index is -0.236. The van der Waals surface area contributed by atoms with Crippen LogP contribution in [-0.2, 0) is 6.42 Å². The van der Waals surface area contributed by atoms with E-state index in [0.29, 0.717) is 34.3 Å². The van der Waals surface area contributed by atoms with Gasteiger partial charge in [0.15, 0.2) is 0 Å². The highest BCUT2D eigenvalue weighted by molar-refractivity contribution is 5.84. The van der Waals surface area contributed by atoms with Gasteiger partial charge >= 0.3 is 0 Å². The molecule has 2 aromatic carbocycles. The molecule has 2 aromatic heterocycles. The number of aromatic amines is 1. The maximum atomic E-state index is 12.3. The van der Waals surface area contributed by atoms with Crippen molar-refractivity contribution in [3.8, 4) is 11.4 Å². The molecule has 0 saturated carbocycles. The van der Waals surface area contributed by atoms with E-state index in [0.717, 1.165) is 10.9 Å². The molecule has 0 aliphatic carbocycles. The molecule has 0 saturated heterocycles. The molecule has 0 aliphatic heterocycles. The fourth-order valence-corrected chi connectivity index (χ4v) is 2.93. The summed E-state index contributed by atoms with van der Waals surface area (Å²) in [6, 6.07) is 14.7. The van der Waals surface area contributed by atoms with E-state index in [1.54, 1.807) is 24.3 Å². The lowest BCUT2D eigenvalue weighted by Crippen LogP contribution is -2.13. The van der Waals surface area contributed by atoms with Crippen molar-refractivity contribution in [2.75, 3.05) is 0 Å². The zero-order chi connectivity index (χ0) is 17.4. The highest BCUT2D eigenvalue weighted by atomic mass is 16.3. The molecule has 0 spiro atoms. The Morgan fingerprint density at radius 2 is 2.04 bits per heavy atom. The van der Waals surface area contributed by atoms with Crippen LogP contribution in [0.3, 0.4) is 0 Å². The average molecular weight is 329 g/mol. The summed E-state index contributed by atoms with van der Waals surface area (Å²) < 4.78 is 5.74. The third kappa shape index (κ3) is 2.55. The first kappa shape index (κ1) is 15.1. The molecule has 2 heterocycles. The number of allylic oxidation sites excluding steroid dienone is 1. The molecule has 5 heteroatoms. The molecule has 4 rings (SSSR count). The van der Waals surface area contributed by atoms with Crippen molar-refractivity contribution in [3.05, 3.63) is 82.7 Å². The Morgan fingerprint density at radius 1 is 1.20 bits per heavy atom. The van der Waals surface area contributed by atoms with Gasteiger partial charge in [0.25, 0.3) is 5.56 Å². The van der Waals surface area contributed by atoms with Crippen LogP contribution in [0, 0.1) is 5.41 Å². The highest BCUT2D eigenvalue weighted by Gasteiger charge is 2.11. The smallest absolute Gasteiger partial charge is 0.259 e. The van der Waals surface area contributed by atoms with Crippen LogP contribution < -0.4 is 11.1 Å². The Kier molecular flexibility index (Phi) is 3.54. The molecule has 0 fully saturated rings. The van der Waals surface area contributed by atoms with Gasteiger partial charge in [-0.1, -0.05) is 36.4 Å². The zero-order valence-electron chi connectivity index (χ0n) is 13.4. The molecular weight excluding hydrogens is 314 g/mol. The predicted octanol–water partition coefficient (Wildman–Crippen LogP) is 3.54. The minimum absolute atomic E-state index is 0.0394. The Balaban J connectivity index is 1.99. The number of benzene rings is 2. The van der Waals surface area contributed by atoms with E-state index in [4.69, 9.17) is 9.83 Å². The van der Waals surface area contributed by atoms with E-state index in [1.165, 1.54) is 0 Å². The van der Waals surface area contributed by atoms with Gasteiger partial charge in [0.2, 0.25) is 5.55 Å². The Hall–Kier alpha value is -3.47. The number of fused-ring (bicyclic) bond motifs is 2. The molecule has 0 amide bonds. The first-order valence-electron chi connectivity index (χ1n) is 7.88. The molecule has 0 atom stereocenters. The van der Waals surface area contributed by atoms with Crippen molar-refractivity contribution in [1.29, 1.82) is 5.41 Å². The molecule has 4 aromatic rings. The van der Waals surface area contributed by atoms with Crippen LogP contribution in [-0.4, -0.2) is 9.97 Å². The summed E-state index contributed by atoms with van der Waals surface area (Å²) in [6.07, 6.45) is 2.45. The average Bonchev–Trinajstić information content (AvgIpc) is 2.62. The van der Waals surface area contributed by atoms with Gasteiger partial charge in [-0.15, -0.1) is 6.58 Å². The monoisotopic (exact) mass is 329 g/mol. The quantitative estimate of drug-likeness (QED) is 0.564. The first-order chi connectivity index (χ1) is 12.2. The zero-order valence-corrected chi connectivity index (χ0v) is 13.4. The van der Waals surface area contributed by atoms with Crippen LogP contribution in [0.5, 0.6) is 0 Å². The molecule has 0 bridgehead atoms. The summed E-state index contributed by atoms with van der Waals surface area (Å²) in [5.41, 5.74) is 2.38. The van der Waals surface area contributed by atoms with Gasteiger partial charge in [0, 0.05) is 5.39 Å². The second-order valence-electron chi connectivity index (χ2n) is 5.75. The minimum Gasteiger partial charge on any atom is -0.438 e. The fourth-order valence-electron chi connectivity index (χ4n) is 2.93. The first-order valence-corrected chi connectivity index (χ1v) is 7.88. The van der Waals surface area contributed by atoms with Crippen LogP contribution in [0.4, 0.5) is 0 Å². The Morgan fingerprint density at radius 3 is 2.88 bits per heavy atom. The Bertz CT molecular complexity index is 1240. The molecule has 5 nitrogen and oxygen atoms in total. The predicted molar refractivity (Wildman–Crippen MR) is 97.3 cm³/mol. The van der Waals surface area contributed by atoms with E-state index in [9.17, 15) is 4.79 Å². The van der Waals surface area contributed by atoms with Gasteiger partial charge in [0.1, 0.15) is 11.4 Å². The number of hydrogen-bond acceptors (Lipinski definition) is 4. The maximum absolute atomic E-state index is 12.3. The van der Waals surface area contributed by atoms with Crippen molar-refractivity contribution in [2.45, 2.75) is 6.42 Å². The Labute approximate surface area is 142 Å².